The maximum atomic E-state index is 13.1. The number of rotatable bonds is 4. The average molecular weight is 478 g/mol. The van der Waals surface area contributed by atoms with Gasteiger partial charge < -0.3 is 9.47 Å². The lowest BCUT2D eigenvalue weighted by atomic mass is 10.2. The van der Waals surface area contributed by atoms with E-state index in [4.69, 9.17) is 0 Å². The van der Waals surface area contributed by atoms with Crippen molar-refractivity contribution in [1.82, 2.24) is 14.4 Å². The molecule has 1 aromatic carbocycles. The standard InChI is InChI=1S/C23H22F3N3O3S/c24-23(25,26)16-7-5-8-17(13-16)28-12-6-9-18(28)14-19-21(31)29(22(32)33-19)15-20(30)27-10-3-1-2-4-11-27/h5-9,12-14H,1-4,10-11,15H2. The molecule has 2 aliphatic heterocycles. The molecule has 4 rings (SSSR count). The summed E-state index contributed by atoms with van der Waals surface area (Å²) in [6.45, 7) is 0.932. The molecule has 3 heterocycles. The minimum Gasteiger partial charge on any atom is -0.341 e. The molecule has 0 spiro atoms. The van der Waals surface area contributed by atoms with E-state index >= 15 is 0 Å². The van der Waals surface area contributed by atoms with Gasteiger partial charge in [-0.2, -0.15) is 13.2 Å². The van der Waals surface area contributed by atoms with Gasteiger partial charge in [0.15, 0.2) is 0 Å². The van der Waals surface area contributed by atoms with E-state index in [2.05, 4.69) is 0 Å². The number of carbonyl (C=O) groups is 3. The number of benzene rings is 1. The zero-order valence-electron chi connectivity index (χ0n) is 17.7. The molecule has 1 aromatic heterocycles. The second kappa shape index (κ2) is 9.46. The van der Waals surface area contributed by atoms with Crippen molar-refractivity contribution in [1.29, 1.82) is 0 Å². The Kier molecular flexibility index (Phi) is 6.64. The first-order valence-electron chi connectivity index (χ1n) is 10.6. The lowest BCUT2D eigenvalue weighted by molar-refractivity contribution is -0.137. The highest BCUT2D eigenvalue weighted by molar-refractivity contribution is 8.18. The largest absolute Gasteiger partial charge is 0.416 e. The molecular formula is C23H22F3N3O3S. The molecular weight excluding hydrogens is 455 g/mol. The first-order valence-corrected chi connectivity index (χ1v) is 11.4. The van der Waals surface area contributed by atoms with Crippen LogP contribution in [0.2, 0.25) is 0 Å². The molecule has 0 aliphatic carbocycles. The smallest absolute Gasteiger partial charge is 0.341 e. The van der Waals surface area contributed by atoms with Gasteiger partial charge in [0, 0.05) is 30.7 Å². The molecule has 174 valence electrons. The van der Waals surface area contributed by atoms with Gasteiger partial charge in [-0.3, -0.25) is 19.3 Å². The number of imide groups is 1. The summed E-state index contributed by atoms with van der Waals surface area (Å²) in [6.07, 6.45) is 2.47. The zero-order chi connectivity index (χ0) is 23.6. The van der Waals surface area contributed by atoms with E-state index in [0.717, 1.165) is 54.5 Å². The minimum atomic E-state index is -4.48. The fraction of sp³-hybridized carbons (Fsp3) is 0.348. The van der Waals surface area contributed by atoms with Crippen LogP contribution >= 0.6 is 11.8 Å². The Hall–Kier alpha value is -3.01. The molecule has 0 N–H and O–H groups in total. The number of likely N-dealkylation sites (tertiary alicyclic amines) is 1. The molecule has 10 heteroatoms. The summed E-state index contributed by atoms with van der Waals surface area (Å²) in [5.41, 5.74) is -0.0673. The third-order valence-electron chi connectivity index (χ3n) is 5.64. The molecule has 2 aliphatic rings. The van der Waals surface area contributed by atoms with Crippen LogP contribution in [0.5, 0.6) is 0 Å². The highest BCUT2D eigenvalue weighted by Crippen LogP contribution is 2.34. The molecule has 0 bridgehead atoms. The second-order valence-corrected chi connectivity index (χ2v) is 8.91. The summed E-state index contributed by atoms with van der Waals surface area (Å²) in [5, 5.41) is -0.536. The highest BCUT2D eigenvalue weighted by atomic mass is 32.2. The van der Waals surface area contributed by atoms with Gasteiger partial charge in [-0.1, -0.05) is 18.9 Å². The Morgan fingerprint density at radius 3 is 2.45 bits per heavy atom. The number of aromatic nitrogens is 1. The predicted molar refractivity (Wildman–Crippen MR) is 118 cm³/mol. The molecule has 0 saturated carbocycles. The summed E-state index contributed by atoms with van der Waals surface area (Å²) in [4.78, 5) is 40.7. The summed E-state index contributed by atoms with van der Waals surface area (Å²) < 4.78 is 40.8. The average Bonchev–Trinajstić information content (AvgIpc) is 3.20. The van der Waals surface area contributed by atoms with Crippen LogP contribution in [0.4, 0.5) is 18.0 Å². The topological polar surface area (TPSA) is 62.6 Å². The number of hydrogen-bond acceptors (Lipinski definition) is 4. The van der Waals surface area contributed by atoms with Crippen molar-refractivity contribution in [3.63, 3.8) is 0 Å². The monoisotopic (exact) mass is 477 g/mol. The van der Waals surface area contributed by atoms with Crippen LogP contribution < -0.4 is 0 Å². The van der Waals surface area contributed by atoms with E-state index in [1.54, 1.807) is 23.2 Å². The lowest BCUT2D eigenvalue weighted by Gasteiger charge is -2.22. The number of halogens is 3. The number of thioether (sulfide) groups is 1. The summed E-state index contributed by atoms with van der Waals surface area (Å²) in [7, 11) is 0. The third-order valence-corrected chi connectivity index (χ3v) is 6.54. The van der Waals surface area contributed by atoms with Crippen LogP contribution in [-0.2, 0) is 15.8 Å². The number of amides is 3. The molecule has 6 nitrogen and oxygen atoms in total. The van der Waals surface area contributed by atoms with Crippen LogP contribution in [-0.4, -0.2) is 51.1 Å². The van der Waals surface area contributed by atoms with Crippen LogP contribution in [0.15, 0.2) is 47.5 Å². The van der Waals surface area contributed by atoms with E-state index in [1.807, 2.05) is 0 Å². The third kappa shape index (κ3) is 5.16. The van der Waals surface area contributed by atoms with Crippen LogP contribution in [0.25, 0.3) is 11.8 Å². The number of carbonyl (C=O) groups excluding carboxylic acids is 3. The van der Waals surface area contributed by atoms with E-state index in [1.165, 1.54) is 22.8 Å². The van der Waals surface area contributed by atoms with E-state index in [0.29, 0.717) is 18.8 Å². The molecule has 2 aromatic rings. The Labute approximate surface area is 193 Å². The first-order chi connectivity index (χ1) is 15.7. The van der Waals surface area contributed by atoms with E-state index in [9.17, 15) is 27.6 Å². The molecule has 0 atom stereocenters. The van der Waals surface area contributed by atoms with Gasteiger partial charge in [0.25, 0.3) is 11.1 Å². The highest BCUT2D eigenvalue weighted by Gasteiger charge is 2.37. The van der Waals surface area contributed by atoms with Gasteiger partial charge in [0.05, 0.1) is 10.5 Å². The van der Waals surface area contributed by atoms with Crippen LogP contribution in [0.3, 0.4) is 0 Å². The van der Waals surface area contributed by atoms with Gasteiger partial charge in [-0.15, -0.1) is 0 Å². The van der Waals surface area contributed by atoms with Crippen molar-refractivity contribution >= 4 is 34.9 Å². The molecule has 33 heavy (non-hydrogen) atoms. The van der Waals surface area contributed by atoms with Gasteiger partial charge in [-0.25, -0.2) is 0 Å². The molecule has 2 saturated heterocycles. The molecule has 3 amide bonds. The van der Waals surface area contributed by atoms with E-state index in [-0.39, 0.29) is 23.0 Å². The Balaban J connectivity index is 1.53. The Morgan fingerprint density at radius 2 is 1.76 bits per heavy atom. The number of nitrogens with zero attached hydrogens (tertiary/aromatic N) is 3. The van der Waals surface area contributed by atoms with E-state index < -0.39 is 22.9 Å². The first kappa shape index (κ1) is 23.2. The summed E-state index contributed by atoms with van der Waals surface area (Å²) >= 11 is 0.719. The van der Waals surface area contributed by atoms with Crippen molar-refractivity contribution < 1.29 is 27.6 Å². The lowest BCUT2D eigenvalue weighted by Crippen LogP contribution is -2.42. The van der Waals surface area contributed by atoms with Crippen molar-refractivity contribution in [2.45, 2.75) is 31.9 Å². The fourth-order valence-corrected chi connectivity index (χ4v) is 4.73. The summed E-state index contributed by atoms with van der Waals surface area (Å²) in [5.74, 6) is -0.835. The normalized spacial score (nSPS) is 18.8. The number of alkyl halides is 3. The molecule has 0 unspecified atom stereocenters. The van der Waals surface area contributed by atoms with Gasteiger partial charge in [-0.05, 0) is 61.0 Å². The van der Waals surface area contributed by atoms with Crippen molar-refractivity contribution in [2.75, 3.05) is 19.6 Å². The van der Waals surface area contributed by atoms with Crippen LogP contribution in [0.1, 0.15) is 36.9 Å². The maximum absolute atomic E-state index is 13.1. The van der Waals surface area contributed by atoms with Crippen LogP contribution in [0, 0.1) is 0 Å². The maximum Gasteiger partial charge on any atom is 0.416 e. The van der Waals surface area contributed by atoms with Gasteiger partial charge in [0.2, 0.25) is 5.91 Å². The van der Waals surface area contributed by atoms with Gasteiger partial charge in [0.1, 0.15) is 6.54 Å². The minimum absolute atomic E-state index is 0.121. The molecule has 2 fully saturated rings. The fourth-order valence-electron chi connectivity index (χ4n) is 3.90. The van der Waals surface area contributed by atoms with Crippen molar-refractivity contribution in [2.24, 2.45) is 0 Å². The van der Waals surface area contributed by atoms with Gasteiger partial charge >= 0.3 is 6.18 Å². The number of hydrogen-bond donors (Lipinski definition) is 0. The molecule has 0 radical (unpaired) electrons. The Bertz CT molecular complexity index is 1100. The Morgan fingerprint density at radius 1 is 1.03 bits per heavy atom. The zero-order valence-corrected chi connectivity index (χ0v) is 18.5. The van der Waals surface area contributed by atoms with Crippen molar-refractivity contribution in [3.8, 4) is 5.69 Å². The summed E-state index contributed by atoms with van der Waals surface area (Å²) in [6, 6.07) is 8.11. The second-order valence-electron chi connectivity index (χ2n) is 7.91. The quantitative estimate of drug-likeness (QED) is 0.586. The van der Waals surface area contributed by atoms with Crippen molar-refractivity contribution in [3.05, 3.63) is 58.8 Å². The predicted octanol–water partition coefficient (Wildman–Crippen LogP) is 4.94. The SMILES string of the molecule is O=C(CN1C(=O)SC(=Cc2cccn2-c2cccc(C(F)(F)F)c2)C1=O)N1CCCCCC1.